The molecule has 1 aromatic carbocycles. The van der Waals surface area contributed by atoms with E-state index in [0.29, 0.717) is 18.8 Å². The van der Waals surface area contributed by atoms with Crippen LogP contribution in [-0.2, 0) is 4.79 Å². The van der Waals surface area contributed by atoms with Gasteiger partial charge in [0.2, 0.25) is 5.91 Å². The highest BCUT2D eigenvalue weighted by molar-refractivity contribution is 5.94. The number of rotatable bonds is 5. The first-order valence-electron chi connectivity index (χ1n) is 8.88. The van der Waals surface area contributed by atoms with Gasteiger partial charge in [-0.15, -0.1) is 13.2 Å². The fraction of sp³-hybridized carbons (Fsp3) is 0.368. The first kappa shape index (κ1) is 19.9. The summed E-state index contributed by atoms with van der Waals surface area (Å²) in [5.74, 6) is 0.375. The van der Waals surface area contributed by atoms with Gasteiger partial charge in [0.05, 0.1) is 6.04 Å². The molecule has 150 valence electrons. The summed E-state index contributed by atoms with van der Waals surface area (Å²) in [6, 6.07) is 10.5. The van der Waals surface area contributed by atoms with Crippen LogP contribution in [0.15, 0.2) is 48.7 Å². The molecule has 2 heterocycles. The number of halogens is 3. The van der Waals surface area contributed by atoms with Gasteiger partial charge >= 0.3 is 6.36 Å². The standard InChI is InChI=1S/C19H21F3N4O2/c1-14(25-10-12-26(13-11-25)17-4-2-3-9-23-17)18(27)24-15-5-7-16(8-6-15)28-19(20,21)22/h2-9,14H,10-13H2,1H3,(H,24,27)/t14-/m0/s1. The van der Waals surface area contributed by atoms with Crippen molar-refractivity contribution in [3.63, 3.8) is 0 Å². The molecule has 0 radical (unpaired) electrons. The van der Waals surface area contributed by atoms with Crippen molar-refractivity contribution < 1.29 is 22.7 Å². The molecule has 0 bridgehead atoms. The Hall–Kier alpha value is -2.81. The average molecular weight is 394 g/mol. The molecule has 1 aliphatic rings. The third kappa shape index (κ3) is 5.35. The number of carbonyl (C=O) groups excluding carboxylic acids is 1. The zero-order chi connectivity index (χ0) is 20.1. The lowest BCUT2D eigenvalue weighted by Gasteiger charge is -2.37. The highest BCUT2D eigenvalue weighted by Crippen LogP contribution is 2.24. The topological polar surface area (TPSA) is 57.7 Å². The molecule has 0 aliphatic carbocycles. The minimum Gasteiger partial charge on any atom is -0.406 e. The molecule has 28 heavy (non-hydrogen) atoms. The Morgan fingerprint density at radius 2 is 1.79 bits per heavy atom. The van der Waals surface area contributed by atoms with Crippen LogP contribution in [0.25, 0.3) is 0 Å². The van der Waals surface area contributed by atoms with Crippen LogP contribution in [-0.4, -0.2) is 54.4 Å². The predicted octanol–water partition coefficient (Wildman–Crippen LogP) is 3.13. The van der Waals surface area contributed by atoms with Crippen LogP contribution in [0.2, 0.25) is 0 Å². The molecule has 1 N–H and O–H groups in total. The van der Waals surface area contributed by atoms with E-state index in [-0.39, 0.29) is 17.7 Å². The van der Waals surface area contributed by atoms with E-state index in [1.54, 1.807) is 6.20 Å². The maximum atomic E-state index is 12.5. The first-order valence-corrected chi connectivity index (χ1v) is 8.88. The van der Waals surface area contributed by atoms with Gasteiger partial charge in [-0.1, -0.05) is 6.07 Å². The molecule has 0 spiro atoms. The summed E-state index contributed by atoms with van der Waals surface area (Å²) in [5, 5.41) is 2.73. The molecule has 1 fully saturated rings. The summed E-state index contributed by atoms with van der Waals surface area (Å²) < 4.78 is 40.4. The SMILES string of the molecule is C[C@@H](C(=O)Nc1ccc(OC(F)(F)F)cc1)N1CCN(c2ccccn2)CC1. The summed E-state index contributed by atoms with van der Waals surface area (Å²) in [4.78, 5) is 21.1. The van der Waals surface area contributed by atoms with Crippen molar-refractivity contribution >= 4 is 17.4 Å². The molecule has 0 saturated carbocycles. The Bertz CT molecular complexity index is 776. The van der Waals surface area contributed by atoms with Gasteiger partial charge in [-0.25, -0.2) is 4.98 Å². The number of hydrogen-bond donors (Lipinski definition) is 1. The Balaban J connectivity index is 1.51. The van der Waals surface area contributed by atoms with Crippen molar-refractivity contribution in [3.8, 4) is 5.75 Å². The van der Waals surface area contributed by atoms with Crippen LogP contribution in [0.5, 0.6) is 5.75 Å². The van der Waals surface area contributed by atoms with E-state index in [2.05, 4.69) is 24.8 Å². The first-order chi connectivity index (χ1) is 13.3. The van der Waals surface area contributed by atoms with Crippen LogP contribution in [0.3, 0.4) is 0 Å². The van der Waals surface area contributed by atoms with Gasteiger partial charge in [-0.2, -0.15) is 0 Å². The van der Waals surface area contributed by atoms with E-state index >= 15 is 0 Å². The van der Waals surface area contributed by atoms with Crippen LogP contribution in [0, 0.1) is 0 Å². The van der Waals surface area contributed by atoms with Crippen LogP contribution < -0.4 is 15.0 Å². The molecule has 1 aliphatic heterocycles. The number of benzene rings is 1. The molecule has 1 aromatic heterocycles. The fourth-order valence-electron chi connectivity index (χ4n) is 3.03. The van der Waals surface area contributed by atoms with E-state index in [1.807, 2.05) is 25.1 Å². The minimum atomic E-state index is -4.74. The van der Waals surface area contributed by atoms with Gasteiger partial charge < -0.3 is 15.0 Å². The summed E-state index contributed by atoms with van der Waals surface area (Å²) in [7, 11) is 0. The normalized spacial score (nSPS) is 16.5. The lowest BCUT2D eigenvalue weighted by atomic mass is 10.2. The lowest BCUT2D eigenvalue weighted by Crippen LogP contribution is -2.53. The van der Waals surface area contributed by atoms with Crippen molar-refractivity contribution in [2.45, 2.75) is 19.3 Å². The number of ether oxygens (including phenoxy) is 1. The fourth-order valence-corrected chi connectivity index (χ4v) is 3.03. The molecule has 1 amide bonds. The lowest BCUT2D eigenvalue weighted by molar-refractivity contribution is -0.274. The Labute approximate surface area is 160 Å². The molecule has 6 nitrogen and oxygen atoms in total. The number of alkyl halides is 3. The number of aromatic nitrogens is 1. The van der Waals surface area contributed by atoms with E-state index in [9.17, 15) is 18.0 Å². The van der Waals surface area contributed by atoms with Gasteiger partial charge in [-0.05, 0) is 43.3 Å². The van der Waals surface area contributed by atoms with Gasteiger partial charge in [0.15, 0.2) is 0 Å². The summed E-state index contributed by atoms with van der Waals surface area (Å²) in [6.07, 6.45) is -2.99. The quantitative estimate of drug-likeness (QED) is 0.845. The third-order valence-electron chi connectivity index (χ3n) is 4.57. The molecule has 1 saturated heterocycles. The van der Waals surface area contributed by atoms with Crippen molar-refractivity contribution in [1.82, 2.24) is 9.88 Å². The van der Waals surface area contributed by atoms with Crippen molar-refractivity contribution in [2.75, 3.05) is 36.4 Å². The van der Waals surface area contributed by atoms with Crippen molar-refractivity contribution in [3.05, 3.63) is 48.7 Å². The highest BCUT2D eigenvalue weighted by atomic mass is 19.4. The summed E-state index contributed by atoms with van der Waals surface area (Å²) in [5.41, 5.74) is 0.415. The molecule has 1 atom stereocenters. The van der Waals surface area contributed by atoms with E-state index < -0.39 is 6.36 Å². The Kier molecular flexibility index (Phi) is 6.03. The number of hydrogen-bond acceptors (Lipinski definition) is 5. The smallest absolute Gasteiger partial charge is 0.406 e. The molecule has 9 heteroatoms. The number of nitrogens with zero attached hydrogens (tertiary/aromatic N) is 3. The average Bonchev–Trinajstić information content (AvgIpc) is 2.68. The van der Waals surface area contributed by atoms with Gasteiger partial charge in [0.25, 0.3) is 0 Å². The van der Waals surface area contributed by atoms with E-state index in [4.69, 9.17) is 0 Å². The summed E-state index contributed by atoms with van der Waals surface area (Å²) >= 11 is 0. The Morgan fingerprint density at radius 3 is 2.36 bits per heavy atom. The van der Waals surface area contributed by atoms with Gasteiger partial charge in [0, 0.05) is 38.1 Å². The van der Waals surface area contributed by atoms with E-state index in [1.165, 1.54) is 24.3 Å². The highest BCUT2D eigenvalue weighted by Gasteiger charge is 2.31. The van der Waals surface area contributed by atoms with Crippen LogP contribution >= 0.6 is 0 Å². The van der Waals surface area contributed by atoms with Gasteiger partial charge in [-0.3, -0.25) is 9.69 Å². The third-order valence-corrected chi connectivity index (χ3v) is 4.57. The molecular formula is C19H21F3N4O2. The number of anilines is 2. The van der Waals surface area contributed by atoms with Crippen LogP contribution in [0.4, 0.5) is 24.7 Å². The second-order valence-electron chi connectivity index (χ2n) is 6.45. The molecule has 0 unspecified atom stereocenters. The zero-order valence-corrected chi connectivity index (χ0v) is 15.3. The number of nitrogens with one attached hydrogen (secondary N) is 1. The molecule has 2 aromatic rings. The van der Waals surface area contributed by atoms with Crippen molar-refractivity contribution in [1.29, 1.82) is 0 Å². The molecular weight excluding hydrogens is 373 g/mol. The number of pyridine rings is 1. The minimum absolute atomic E-state index is 0.212. The maximum absolute atomic E-state index is 12.5. The van der Waals surface area contributed by atoms with Crippen molar-refractivity contribution in [2.24, 2.45) is 0 Å². The zero-order valence-electron chi connectivity index (χ0n) is 15.3. The predicted molar refractivity (Wildman–Crippen MR) is 99.2 cm³/mol. The van der Waals surface area contributed by atoms with Crippen LogP contribution in [0.1, 0.15) is 6.92 Å². The summed E-state index contributed by atoms with van der Waals surface area (Å²) in [6.45, 7) is 4.76. The second-order valence-corrected chi connectivity index (χ2v) is 6.45. The van der Waals surface area contributed by atoms with Gasteiger partial charge in [0.1, 0.15) is 11.6 Å². The Morgan fingerprint density at radius 1 is 1.11 bits per heavy atom. The number of carbonyl (C=O) groups is 1. The number of piperazine rings is 1. The largest absolute Gasteiger partial charge is 0.573 e. The number of amides is 1. The second kappa shape index (κ2) is 8.47. The molecule has 3 rings (SSSR count). The van der Waals surface area contributed by atoms with E-state index in [0.717, 1.165) is 18.9 Å². The monoisotopic (exact) mass is 394 g/mol. The maximum Gasteiger partial charge on any atom is 0.573 e.